The maximum absolute atomic E-state index is 14.0. The van der Waals surface area contributed by atoms with Gasteiger partial charge in [0.2, 0.25) is 0 Å². The van der Waals surface area contributed by atoms with E-state index in [1.807, 2.05) is 18.2 Å². The van der Waals surface area contributed by atoms with Gasteiger partial charge in [0.15, 0.2) is 0 Å². The van der Waals surface area contributed by atoms with Crippen LogP contribution < -0.4 is 0 Å². The summed E-state index contributed by atoms with van der Waals surface area (Å²) in [6.45, 7) is 0.281. The Morgan fingerprint density at radius 2 is 2.00 bits per heavy atom. The molecule has 1 N–H and O–H groups in total. The van der Waals surface area contributed by atoms with Crippen molar-refractivity contribution in [3.63, 3.8) is 0 Å². The Morgan fingerprint density at radius 1 is 1.22 bits per heavy atom. The van der Waals surface area contributed by atoms with E-state index >= 15 is 0 Å². The molecule has 7 heteroatoms. The standard InChI is InChI=1S/C20H16FNO3S2/c21-16-8-2-1-7-15(16)14-6-3-5-13(11-14)12-17-19(25)22(20(26)27-17)10-4-9-18(23)24/h1-3,5-8,11-12H,4,9-10H2,(H,23,24). The fourth-order valence-corrected chi connectivity index (χ4v) is 4.03. The van der Waals surface area contributed by atoms with E-state index < -0.39 is 5.97 Å². The van der Waals surface area contributed by atoms with Gasteiger partial charge in [-0.3, -0.25) is 14.5 Å². The number of halogens is 1. The van der Waals surface area contributed by atoms with Crippen molar-refractivity contribution >= 4 is 46.3 Å². The number of benzene rings is 2. The lowest BCUT2D eigenvalue weighted by Crippen LogP contribution is -2.29. The number of hydrogen-bond donors (Lipinski definition) is 1. The van der Waals surface area contributed by atoms with Crippen molar-refractivity contribution in [3.05, 3.63) is 64.8 Å². The van der Waals surface area contributed by atoms with Gasteiger partial charge in [-0.1, -0.05) is 60.4 Å². The Labute approximate surface area is 165 Å². The first-order valence-electron chi connectivity index (χ1n) is 8.28. The van der Waals surface area contributed by atoms with E-state index in [9.17, 15) is 14.0 Å². The zero-order valence-corrected chi connectivity index (χ0v) is 15.9. The Bertz CT molecular complexity index is 942. The maximum atomic E-state index is 14.0. The highest BCUT2D eigenvalue weighted by Crippen LogP contribution is 2.33. The Kier molecular flexibility index (Phi) is 6.03. The van der Waals surface area contributed by atoms with E-state index in [-0.39, 0.29) is 24.7 Å². The minimum absolute atomic E-state index is 0.0131. The first-order chi connectivity index (χ1) is 13.0. The number of nitrogens with zero attached hydrogens (tertiary/aromatic N) is 1. The van der Waals surface area contributed by atoms with Crippen LogP contribution in [0, 0.1) is 5.82 Å². The lowest BCUT2D eigenvalue weighted by Gasteiger charge is -2.13. The molecule has 0 aliphatic carbocycles. The smallest absolute Gasteiger partial charge is 0.303 e. The topological polar surface area (TPSA) is 57.6 Å². The SMILES string of the molecule is O=C(O)CCCN1C(=O)C(=Cc2cccc(-c3ccccc3F)c2)SC1=S. The van der Waals surface area contributed by atoms with Gasteiger partial charge in [0, 0.05) is 18.5 Å². The molecule has 138 valence electrons. The molecule has 2 aromatic carbocycles. The van der Waals surface area contributed by atoms with Crippen LogP contribution in [0.25, 0.3) is 17.2 Å². The van der Waals surface area contributed by atoms with Gasteiger partial charge in [-0.2, -0.15) is 0 Å². The molecule has 1 aliphatic heterocycles. The molecule has 1 aliphatic rings. The molecule has 1 heterocycles. The van der Waals surface area contributed by atoms with Crippen molar-refractivity contribution in [2.75, 3.05) is 6.54 Å². The number of carbonyl (C=O) groups is 2. The number of carboxylic acids is 1. The van der Waals surface area contributed by atoms with Crippen molar-refractivity contribution in [1.29, 1.82) is 0 Å². The fraction of sp³-hybridized carbons (Fsp3) is 0.150. The number of amides is 1. The molecule has 1 fully saturated rings. The van der Waals surface area contributed by atoms with E-state index in [0.29, 0.717) is 21.2 Å². The number of hydrogen-bond acceptors (Lipinski definition) is 4. The molecule has 0 unspecified atom stereocenters. The van der Waals surface area contributed by atoms with Crippen molar-refractivity contribution in [2.45, 2.75) is 12.8 Å². The van der Waals surface area contributed by atoms with Gasteiger partial charge < -0.3 is 5.11 Å². The molecule has 27 heavy (non-hydrogen) atoms. The molecule has 4 nitrogen and oxygen atoms in total. The molecule has 1 amide bonds. The zero-order chi connectivity index (χ0) is 19.4. The molecule has 1 saturated heterocycles. The lowest BCUT2D eigenvalue weighted by molar-refractivity contribution is -0.137. The summed E-state index contributed by atoms with van der Waals surface area (Å²) in [5, 5.41) is 8.73. The summed E-state index contributed by atoms with van der Waals surface area (Å²) >= 11 is 6.43. The minimum atomic E-state index is -0.902. The summed E-state index contributed by atoms with van der Waals surface area (Å²) in [4.78, 5) is 25.1. The third-order valence-electron chi connectivity index (χ3n) is 4.02. The second-order valence-corrected chi connectivity index (χ2v) is 7.61. The van der Waals surface area contributed by atoms with Crippen LogP contribution in [0.3, 0.4) is 0 Å². The van der Waals surface area contributed by atoms with Crippen LogP contribution in [0.5, 0.6) is 0 Å². The van der Waals surface area contributed by atoms with Gasteiger partial charge in [-0.05, 0) is 35.8 Å². The van der Waals surface area contributed by atoms with Crippen molar-refractivity contribution in [2.24, 2.45) is 0 Å². The Balaban J connectivity index is 1.80. The lowest BCUT2D eigenvalue weighted by atomic mass is 10.0. The van der Waals surface area contributed by atoms with Crippen LogP contribution in [-0.2, 0) is 9.59 Å². The summed E-state index contributed by atoms with van der Waals surface area (Å²) in [6.07, 6.45) is 2.06. The van der Waals surface area contributed by atoms with Crippen LogP contribution in [-0.4, -0.2) is 32.7 Å². The Hall–Kier alpha value is -2.51. The molecule has 3 rings (SSSR count). The molecule has 0 aromatic heterocycles. The molecule has 0 saturated carbocycles. The summed E-state index contributed by atoms with van der Waals surface area (Å²) < 4.78 is 14.4. The number of thioether (sulfide) groups is 1. The molecule has 2 aromatic rings. The zero-order valence-electron chi connectivity index (χ0n) is 14.2. The summed E-state index contributed by atoms with van der Waals surface area (Å²) in [7, 11) is 0. The number of rotatable bonds is 6. The van der Waals surface area contributed by atoms with Crippen molar-refractivity contribution < 1.29 is 19.1 Å². The van der Waals surface area contributed by atoms with Crippen LogP contribution >= 0.6 is 24.0 Å². The largest absolute Gasteiger partial charge is 0.481 e. The highest BCUT2D eigenvalue weighted by atomic mass is 32.2. The molecule has 0 bridgehead atoms. The number of thiocarbonyl (C=S) groups is 1. The predicted octanol–water partition coefficient (Wildman–Crippen LogP) is 4.56. The Morgan fingerprint density at radius 3 is 2.74 bits per heavy atom. The van der Waals surface area contributed by atoms with Crippen molar-refractivity contribution in [1.82, 2.24) is 4.90 Å². The second kappa shape index (κ2) is 8.45. The number of aliphatic carboxylic acids is 1. The van der Waals surface area contributed by atoms with Crippen LogP contribution in [0.15, 0.2) is 53.4 Å². The number of carboxylic acid groups (broad SMARTS) is 1. The van der Waals surface area contributed by atoms with Crippen molar-refractivity contribution in [3.8, 4) is 11.1 Å². The van der Waals surface area contributed by atoms with E-state index in [1.54, 1.807) is 30.3 Å². The quantitative estimate of drug-likeness (QED) is 0.568. The molecule has 0 atom stereocenters. The van der Waals surface area contributed by atoms with Crippen LogP contribution in [0.2, 0.25) is 0 Å². The molecule has 0 spiro atoms. The number of carbonyl (C=O) groups excluding carboxylic acids is 1. The fourth-order valence-electron chi connectivity index (χ4n) is 2.72. The van der Waals surface area contributed by atoms with E-state index in [4.69, 9.17) is 17.3 Å². The molecular weight excluding hydrogens is 385 g/mol. The van der Waals surface area contributed by atoms with Gasteiger partial charge in [0.1, 0.15) is 10.1 Å². The van der Waals surface area contributed by atoms with Gasteiger partial charge >= 0.3 is 5.97 Å². The monoisotopic (exact) mass is 401 g/mol. The molecule has 0 radical (unpaired) electrons. The highest BCUT2D eigenvalue weighted by Gasteiger charge is 2.31. The average Bonchev–Trinajstić information content (AvgIpc) is 2.89. The third-order valence-corrected chi connectivity index (χ3v) is 5.39. The van der Waals surface area contributed by atoms with Gasteiger partial charge in [0.25, 0.3) is 5.91 Å². The van der Waals surface area contributed by atoms with Crippen LogP contribution in [0.4, 0.5) is 4.39 Å². The minimum Gasteiger partial charge on any atom is -0.481 e. The van der Waals surface area contributed by atoms with E-state index in [2.05, 4.69) is 0 Å². The first-order valence-corrected chi connectivity index (χ1v) is 9.50. The molecular formula is C20H16FNO3S2. The van der Waals surface area contributed by atoms with Gasteiger partial charge in [0.05, 0.1) is 4.91 Å². The maximum Gasteiger partial charge on any atom is 0.303 e. The van der Waals surface area contributed by atoms with E-state index in [1.165, 1.54) is 22.7 Å². The third kappa shape index (κ3) is 4.61. The normalized spacial score (nSPS) is 15.6. The van der Waals surface area contributed by atoms with Gasteiger partial charge in [-0.25, -0.2) is 4.39 Å². The summed E-state index contributed by atoms with van der Waals surface area (Å²) in [5.41, 5.74) is 1.98. The van der Waals surface area contributed by atoms with Gasteiger partial charge in [-0.15, -0.1) is 0 Å². The summed E-state index contributed by atoms with van der Waals surface area (Å²) in [6, 6.07) is 13.8. The average molecular weight is 401 g/mol. The second-order valence-electron chi connectivity index (χ2n) is 5.94. The summed E-state index contributed by atoms with van der Waals surface area (Å²) in [5.74, 6) is -1.44. The first kappa shape index (κ1) is 19.3. The van der Waals surface area contributed by atoms with Crippen LogP contribution in [0.1, 0.15) is 18.4 Å². The predicted molar refractivity (Wildman–Crippen MR) is 109 cm³/mol. The van der Waals surface area contributed by atoms with E-state index in [0.717, 1.165) is 11.1 Å². The highest BCUT2D eigenvalue weighted by molar-refractivity contribution is 8.26.